The highest BCUT2D eigenvalue weighted by Gasteiger charge is 2.27. The van der Waals surface area contributed by atoms with E-state index in [1.165, 1.54) is 11.4 Å². The Morgan fingerprint density at radius 2 is 2.07 bits per heavy atom. The summed E-state index contributed by atoms with van der Waals surface area (Å²) in [6.45, 7) is 2.74. The maximum absolute atomic E-state index is 12.9. The van der Waals surface area contributed by atoms with Crippen LogP contribution in [0.15, 0.2) is 23.1 Å². The summed E-state index contributed by atoms with van der Waals surface area (Å²) < 4.78 is 43.2. The van der Waals surface area contributed by atoms with Crippen molar-refractivity contribution in [2.24, 2.45) is 0 Å². The zero-order valence-electron chi connectivity index (χ0n) is 16.2. The van der Waals surface area contributed by atoms with Gasteiger partial charge in [-0.2, -0.15) is 4.31 Å². The lowest BCUT2D eigenvalue weighted by molar-refractivity contribution is -0.121. The number of aryl methyl sites for hydroxylation is 1. The molecule has 1 amide bonds. The molecule has 1 atom stereocenters. The summed E-state index contributed by atoms with van der Waals surface area (Å²) in [6.07, 6.45) is 2.75. The van der Waals surface area contributed by atoms with Crippen LogP contribution in [0.2, 0.25) is 0 Å². The molecule has 0 aliphatic carbocycles. The molecule has 2 heterocycles. The second-order valence-corrected chi connectivity index (χ2v) is 8.87. The van der Waals surface area contributed by atoms with Crippen LogP contribution in [0.25, 0.3) is 0 Å². The molecule has 2 saturated heterocycles. The lowest BCUT2D eigenvalue weighted by atomic mass is 10.1. The Labute approximate surface area is 166 Å². The first kappa shape index (κ1) is 21.0. The maximum Gasteiger partial charge on any atom is 0.243 e. The fraction of sp³-hybridized carbons (Fsp3) is 0.632. The first-order chi connectivity index (χ1) is 13.5. The molecule has 8 nitrogen and oxygen atoms in total. The molecule has 0 bridgehead atoms. The van der Waals surface area contributed by atoms with Crippen molar-refractivity contribution < 1.29 is 27.4 Å². The topological polar surface area (TPSA) is 94.2 Å². The molecule has 0 radical (unpaired) electrons. The highest BCUT2D eigenvalue weighted by atomic mass is 32.2. The van der Waals surface area contributed by atoms with Crippen LogP contribution < -0.4 is 10.1 Å². The molecule has 0 saturated carbocycles. The number of carbonyl (C=O) groups excluding carboxylic acids is 1. The van der Waals surface area contributed by atoms with Crippen molar-refractivity contribution >= 4 is 15.9 Å². The SMILES string of the molecule is COc1ccc(S(=O)(=O)N2CCOCC2)cc1CCC(=O)NC[C@@H]1CCCO1. The summed E-state index contributed by atoms with van der Waals surface area (Å²) in [4.78, 5) is 12.4. The summed E-state index contributed by atoms with van der Waals surface area (Å²) >= 11 is 0. The van der Waals surface area contributed by atoms with Crippen LogP contribution in [-0.4, -0.2) is 71.3 Å². The predicted octanol–water partition coefficient (Wildman–Crippen LogP) is 0.944. The van der Waals surface area contributed by atoms with Gasteiger partial charge in [0, 0.05) is 32.7 Å². The van der Waals surface area contributed by atoms with Crippen LogP contribution >= 0.6 is 0 Å². The molecule has 1 N–H and O–H groups in total. The lowest BCUT2D eigenvalue weighted by Crippen LogP contribution is -2.40. The van der Waals surface area contributed by atoms with Crippen molar-refractivity contribution in [3.63, 3.8) is 0 Å². The fourth-order valence-electron chi connectivity index (χ4n) is 3.42. The van der Waals surface area contributed by atoms with Crippen LogP contribution in [0.1, 0.15) is 24.8 Å². The van der Waals surface area contributed by atoms with Crippen LogP contribution in [0, 0.1) is 0 Å². The van der Waals surface area contributed by atoms with E-state index in [9.17, 15) is 13.2 Å². The molecular formula is C19H28N2O6S. The molecule has 156 valence electrons. The van der Waals surface area contributed by atoms with E-state index in [0.717, 1.165) is 19.4 Å². The zero-order chi connectivity index (χ0) is 20.0. The number of hydrogen-bond donors (Lipinski definition) is 1. The summed E-state index contributed by atoms with van der Waals surface area (Å²) in [5.74, 6) is 0.492. The number of benzene rings is 1. The molecule has 1 aromatic rings. The molecule has 28 heavy (non-hydrogen) atoms. The van der Waals surface area contributed by atoms with Crippen LogP contribution in [0.3, 0.4) is 0 Å². The van der Waals surface area contributed by atoms with E-state index in [-0.39, 0.29) is 23.3 Å². The minimum Gasteiger partial charge on any atom is -0.496 e. The van der Waals surface area contributed by atoms with Crippen molar-refractivity contribution in [2.45, 2.75) is 36.7 Å². The smallest absolute Gasteiger partial charge is 0.243 e. The van der Waals surface area contributed by atoms with Gasteiger partial charge in [0.2, 0.25) is 15.9 Å². The average Bonchev–Trinajstić information content (AvgIpc) is 3.24. The van der Waals surface area contributed by atoms with Crippen molar-refractivity contribution in [2.75, 3.05) is 46.6 Å². The molecule has 2 aliphatic heterocycles. The number of sulfonamides is 1. The van der Waals surface area contributed by atoms with Gasteiger partial charge < -0.3 is 19.5 Å². The van der Waals surface area contributed by atoms with Crippen LogP contribution in [0.5, 0.6) is 5.75 Å². The van der Waals surface area contributed by atoms with Gasteiger partial charge in [0.05, 0.1) is 31.3 Å². The molecule has 0 unspecified atom stereocenters. The molecule has 2 aliphatic rings. The third-order valence-electron chi connectivity index (χ3n) is 5.03. The van der Waals surface area contributed by atoms with Gasteiger partial charge in [0.1, 0.15) is 5.75 Å². The van der Waals surface area contributed by atoms with Crippen molar-refractivity contribution in [1.82, 2.24) is 9.62 Å². The number of nitrogens with one attached hydrogen (secondary N) is 1. The van der Waals surface area contributed by atoms with Gasteiger partial charge >= 0.3 is 0 Å². The molecule has 0 aromatic heterocycles. The zero-order valence-corrected chi connectivity index (χ0v) is 17.0. The van der Waals surface area contributed by atoms with Crippen molar-refractivity contribution in [3.05, 3.63) is 23.8 Å². The Hall–Kier alpha value is -1.68. The van der Waals surface area contributed by atoms with Gasteiger partial charge in [0.15, 0.2) is 0 Å². The van der Waals surface area contributed by atoms with E-state index in [4.69, 9.17) is 14.2 Å². The molecule has 3 rings (SSSR count). The van der Waals surface area contributed by atoms with Crippen molar-refractivity contribution in [1.29, 1.82) is 0 Å². The van der Waals surface area contributed by atoms with E-state index in [1.54, 1.807) is 18.2 Å². The monoisotopic (exact) mass is 412 g/mol. The van der Waals surface area contributed by atoms with Gasteiger partial charge in [0.25, 0.3) is 0 Å². The lowest BCUT2D eigenvalue weighted by Gasteiger charge is -2.26. The second-order valence-electron chi connectivity index (χ2n) is 6.93. The minimum atomic E-state index is -3.59. The Morgan fingerprint density at radius 1 is 1.29 bits per heavy atom. The minimum absolute atomic E-state index is 0.0843. The van der Waals surface area contributed by atoms with Gasteiger partial charge in [-0.1, -0.05) is 0 Å². The molecule has 1 aromatic carbocycles. The first-order valence-corrected chi connectivity index (χ1v) is 11.1. The number of carbonyl (C=O) groups is 1. The Morgan fingerprint density at radius 3 is 2.75 bits per heavy atom. The second kappa shape index (κ2) is 9.69. The maximum atomic E-state index is 12.9. The summed E-state index contributed by atoms with van der Waals surface area (Å²) in [6, 6.07) is 4.80. The average molecular weight is 413 g/mol. The Kier molecular flexibility index (Phi) is 7.28. The van der Waals surface area contributed by atoms with Crippen molar-refractivity contribution in [3.8, 4) is 5.75 Å². The molecule has 9 heteroatoms. The fourth-order valence-corrected chi connectivity index (χ4v) is 4.88. The predicted molar refractivity (Wildman–Crippen MR) is 103 cm³/mol. The van der Waals surface area contributed by atoms with Crippen LogP contribution in [0.4, 0.5) is 0 Å². The normalized spacial score (nSPS) is 20.8. The number of morpholine rings is 1. The number of rotatable bonds is 8. The number of nitrogens with zero attached hydrogens (tertiary/aromatic N) is 1. The summed E-state index contributed by atoms with van der Waals surface area (Å²) in [5.41, 5.74) is 0.698. The number of ether oxygens (including phenoxy) is 3. The Balaban J connectivity index is 1.64. The molecule has 2 fully saturated rings. The van der Waals surface area contributed by atoms with E-state index in [2.05, 4.69) is 5.32 Å². The number of hydrogen-bond acceptors (Lipinski definition) is 6. The highest BCUT2D eigenvalue weighted by Crippen LogP contribution is 2.26. The standard InChI is InChI=1S/C19H28N2O6S/c1-25-18-6-5-17(28(23,24)21-8-11-26-12-9-21)13-15(18)4-7-19(22)20-14-16-3-2-10-27-16/h5-6,13,16H,2-4,7-12,14H2,1H3,(H,20,22)/t16-/m0/s1. The third-order valence-corrected chi connectivity index (χ3v) is 6.93. The summed E-state index contributed by atoms with van der Waals surface area (Å²) in [7, 11) is -2.05. The van der Waals surface area contributed by atoms with Gasteiger partial charge in [-0.15, -0.1) is 0 Å². The molecular weight excluding hydrogens is 384 g/mol. The largest absolute Gasteiger partial charge is 0.496 e. The van der Waals surface area contributed by atoms with E-state index in [0.29, 0.717) is 50.6 Å². The third kappa shape index (κ3) is 5.22. The van der Waals surface area contributed by atoms with Gasteiger partial charge in [-0.25, -0.2) is 8.42 Å². The first-order valence-electron chi connectivity index (χ1n) is 9.64. The van der Waals surface area contributed by atoms with E-state index >= 15 is 0 Å². The van der Waals surface area contributed by atoms with Gasteiger partial charge in [-0.05, 0) is 43.0 Å². The quantitative estimate of drug-likeness (QED) is 0.683. The summed E-state index contributed by atoms with van der Waals surface area (Å²) in [5, 5.41) is 2.88. The number of amides is 1. The highest BCUT2D eigenvalue weighted by molar-refractivity contribution is 7.89. The van der Waals surface area contributed by atoms with Crippen LogP contribution in [-0.2, 0) is 30.7 Å². The number of methoxy groups -OCH3 is 1. The van der Waals surface area contributed by atoms with Gasteiger partial charge in [-0.3, -0.25) is 4.79 Å². The Bertz CT molecular complexity index is 771. The van der Waals surface area contributed by atoms with E-state index < -0.39 is 10.0 Å². The molecule has 0 spiro atoms. The van der Waals surface area contributed by atoms with E-state index in [1.807, 2.05) is 0 Å².